The summed E-state index contributed by atoms with van der Waals surface area (Å²) in [4.78, 5) is 6.97. The van der Waals surface area contributed by atoms with E-state index in [1.807, 2.05) is 6.20 Å². The summed E-state index contributed by atoms with van der Waals surface area (Å²) in [7, 11) is 0. The van der Waals surface area contributed by atoms with Gasteiger partial charge in [-0.05, 0) is 19.4 Å². The van der Waals surface area contributed by atoms with Crippen LogP contribution in [0.4, 0.5) is 0 Å². The molecule has 0 aliphatic carbocycles. The molecule has 5 nitrogen and oxygen atoms in total. The second-order valence-corrected chi connectivity index (χ2v) is 5.96. The average Bonchev–Trinajstić information content (AvgIpc) is 2.94. The van der Waals surface area contributed by atoms with Gasteiger partial charge in [0.2, 0.25) is 0 Å². The van der Waals surface area contributed by atoms with Gasteiger partial charge < -0.3 is 14.6 Å². The maximum Gasteiger partial charge on any atom is 0.122 e. The van der Waals surface area contributed by atoms with Crippen LogP contribution in [0.1, 0.15) is 25.6 Å². The van der Waals surface area contributed by atoms with Gasteiger partial charge in [-0.25, -0.2) is 4.98 Å². The van der Waals surface area contributed by atoms with Gasteiger partial charge in [-0.15, -0.1) is 0 Å². The van der Waals surface area contributed by atoms with Gasteiger partial charge in [0.15, 0.2) is 0 Å². The highest BCUT2D eigenvalue weighted by molar-refractivity contribution is 4.96. The van der Waals surface area contributed by atoms with Crippen LogP contribution < -0.4 is 5.32 Å². The minimum Gasteiger partial charge on any atom is -0.381 e. The predicted octanol–water partition coefficient (Wildman–Crippen LogP) is 1.10. The van der Waals surface area contributed by atoms with Crippen LogP contribution in [0.2, 0.25) is 0 Å². The van der Waals surface area contributed by atoms with E-state index in [2.05, 4.69) is 32.9 Å². The molecule has 2 aliphatic heterocycles. The smallest absolute Gasteiger partial charge is 0.122 e. The van der Waals surface area contributed by atoms with Gasteiger partial charge in [-0.2, -0.15) is 0 Å². The second-order valence-electron chi connectivity index (χ2n) is 5.96. The first-order valence-electron chi connectivity index (χ1n) is 7.90. The zero-order valence-electron chi connectivity index (χ0n) is 12.4. The number of nitrogens with one attached hydrogen (secondary N) is 1. The zero-order valence-corrected chi connectivity index (χ0v) is 12.4. The summed E-state index contributed by atoms with van der Waals surface area (Å²) in [5, 5.41) is 3.70. The Balaban J connectivity index is 1.56. The molecule has 1 aromatic heterocycles. The van der Waals surface area contributed by atoms with Gasteiger partial charge in [0.05, 0.1) is 13.2 Å². The number of nitrogens with zero attached hydrogens (tertiary/aromatic N) is 3. The molecule has 0 radical (unpaired) electrons. The molecule has 2 aliphatic rings. The summed E-state index contributed by atoms with van der Waals surface area (Å²) in [6, 6.07) is 0.616. The summed E-state index contributed by atoms with van der Waals surface area (Å²) in [5.41, 5.74) is 0. The molecule has 2 unspecified atom stereocenters. The molecule has 20 heavy (non-hydrogen) atoms. The van der Waals surface area contributed by atoms with E-state index in [-0.39, 0.29) is 0 Å². The quantitative estimate of drug-likeness (QED) is 0.876. The Morgan fingerprint density at radius 1 is 1.45 bits per heavy atom. The molecule has 1 aromatic rings. The third kappa shape index (κ3) is 3.22. The Hall–Kier alpha value is -0.910. The molecule has 1 N–H and O–H groups in total. The van der Waals surface area contributed by atoms with E-state index >= 15 is 0 Å². The van der Waals surface area contributed by atoms with Crippen LogP contribution in [-0.2, 0) is 17.8 Å². The van der Waals surface area contributed by atoms with Gasteiger partial charge in [0, 0.05) is 50.6 Å². The van der Waals surface area contributed by atoms with Crippen LogP contribution >= 0.6 is 0 Å². The third-order valence-corrected chi connectivity index (χ3v) is 4.45. The first kappa shape index (κ1) is 14.0. The molecular weight excluding hydrogens is 252 g/mol. The molecule has 1 fully saturated rings. The van der Waals surface area contributed by atoms with E-state index in [9.17, 15) is 0 Å². The monoisotopic (exact) mass is 278 g/mol. The van der Waals surface area contributed by atoms with Crippen LogP contribution in [0.15, 0.2) is 12.4 Å². The van der Waals surface area contributed by atoms with E-state index in [0.717, 1.165) is 52.4 Å². The second kappa shape index (κ2) is 6.70. The summed E-state index contributed by atoms with van der Waals surface area (Å²) in [6.45, 7) is 9.43. The number of fused-ring (bicyclic) bond motifs is 1. The number of hydrogen-bond acceptors (Lipinski definition) is 4. The molecular formula is C15H26N4O. The highest BCUT2D eigenvalue weighted by Crippen LogP contribution is 2.19. The fourth-order valence-corrected chi connectivity index (χ4v) is 3.29. The van der Waals surface area contributed by atoms with Crippen molar-refractivity contribution in [3.63, 3.8) is 0 Å². The van der Waals surface area contributed by atoms with Crippen molar-refractivity contribution >= 4 is 0 Å². The molecule has 112 valence electrons. The lowest BCUT2D eigenvalue weighted by atomic mass is 9.94. The molecule has 0 saturated carbocycles. The normalized spacial score (nSPS) is 27.4. The van der Waals surface area contributed by atoms with E-state index in [4.69, 9.17) is 4.74 Å². The van der Waals surface area contributed by atoms with Gasteiger partial charge >= 0.3 is 0 Å². The molecule has 0 amide bonds. The largest absolute Gasteiger partial charge is 0.381 e. The zero-order chi connectivity index (χ0) is 13.8. The molecule has 0 bridgehead atoms. The van der Waals surface area contributed by atoms with Crippen molar-refractivity contribution in [1.29, 1.82) is 0 Å². The Labute approximate surface area is 121 Å². The number of rotatable bonds is 5. The van der Waals surface area contributed by atoms with Crippen molar-refractivity contribution in [3.8, 4) is 0 Å². The van der Waals surface area contributed by atoms with Gasteiger partial charge in [-0.1, -0.05) is 6.92 Å². The number of aromatic nitrogens is 2. The first-order valence-corrected chi connectivity index (χ1v) is 7.90. The molecule has 3 heterocycles. The van der Waals surface area contributed by atoms with Crippen LogP contribution in [0.3, 0.4) is 0 Å². The highest BCUT2D eigenvalue weighted by Gasteiger charge is 2.28. The average molecular weight is 278 g/mol. The highest BCUT2D eigenvalue weighted by atomic mass is 16.5. The number of imidazole rings is 1. The van der Waals surface area contributed by atoms with Gasteiger partial charge in [0.25, 0.3) is 0 Å². The lowest BCUT2D eigenvalue weighted by molar-refractivity contribution is 0.0126. The molecule has 5 heteroatoms. The fraction of sp³-hybridized carbons (Fsp3) is 0.800. The van der Waals surface area contributed by atoms with Crippen LogP contribution in [-0.4, -0.2) is 53.3 Å². The summed E-state index contributed by atoms with van der Waals surface area (Å²) in [5.74, 6) is 1.81. The molecule has 0 aromatic carbocycles. The van der Waals surface area contributed by atoms with Crippen LogP contribution in [0.25, 0.3) is 0 Å². The van der Waals surface area contributed by atoms with Gasteiger partial charge in [0.1, 0.15) is 5.82 Å². The maximum atomic E-state index is 5.70. The number of ether oxygens (including phenoxy) is 1. The Bertz CT molecular complexity index is 420. The molecule has 1 saturated heterocycles. The van der Waals surface area contributed by atoms with Crippen LogP contribution in [0.5, 0.6) is 0 Å². The van der Waals surface area contributed by atoms with E-state index in [1.165, 1.54) is 12.2 Å². The maximum absolute atomic E-state index is 5.70. The summed E-state index contributed by atoms with van der Waals surface area (Å²) in [6.07, 6.45) is 6.34. The Morgan fingerprint density at radius 3 is 3.30 bits per heavy atom. The number of hydrogen-bond donors (Lipinski definition) is 1. The van der Waals surface area contributed by atoms with Crippen molar-refractivity contribution in [3.05, 3.63) is 18.2 Å². The van der Waals surface area contributed by atoms with Crippen molar-refractivity contribution in [2.45, 2.75) is 38.9 Å². The SMILES string of the molecule is CCCNC1CCOCC1CN1CCn2ccnc2C1. The van der Waals surface area contributed by atoms with E-state index < -0.39 is 0 Å². The van der Waals surface area contributed by atoms with E-state index in [0.29, 0.717) is 12.0 Å². The van der Waals surface area contributed by atoms with Crippen LogP contribution in [0, 0.1) is 5.92 Å². The lowest BCUT2D eigenvalue weighted by Gasteiger charge is -2.37. The minimum atomic E-state index is 0.608. The third-order valence-electron chi connectivity index (χ3n) is 4.45. The standard InChI is InChI=1S/C15H26N4O/c1-2-4-16-14-3-9-20-12-13(14)10-18-7-8-19-6-5-17-15(19)11-18/h5-6,13-14,16H,2-4,7-12H2,1H3. The summed E-state index contributed by atoms with van der Waals surface area (Å²) >= 11 is 0. The predicted molar refractivity (Wildman–Crippen MR) is 78.5 cm³/mol. The minimum absolute atomic E-state index is 0.608. The van der Waals surface area contributed by atoms with Crippen molar-refractivity contribution < 1.29 is 4.74 Å². The molecule has 2 atom stereocenters. The van der Waals surface area contributed by atoms with Gasteiger partial charge in [-0.3, -0.25) is 4.90 Å². The topological polar surface area (TPSA) is 42.3 Å². The Kier molecular flexibility index (Phi) is 4.70. The lowest BCUT2D eigenvalue weighted by Crippen LogP contribution is -2.49. The van der Waals surface area contributed by atoms with E-state index in [1.54, 1.807) is 0 Å². The first-order chi connectivity index (χ1) is 9.86. The fourth-order valence-electron chi connectivity index (χ4n) is 3.29. The van der Waals surface area contributed by atoms with Crippen molar-refractivity contribution in [2.24, 2.45) is 5.92 Å². The van der Waals surface area contributed by atoms with Crippen molar-refractivity contribution in [2.75, 3.05) is 32.8 Å². The molecule has 0 spiro atoms. The Morgan fingerprint density at radius 2 is 2.40 bits per heavy atom. The van der Waals surface area contributed by atoms with Crippen molar-refractivity contribution in [1.82, 2.24) is 19.8 Å². The molecule has 3 rings (SSSR count). The summed E-state index contributed by atoms with van der Waals surface area (Å²) < 4.78 is 7.97.